The van der Waals surface area contributed by atoms with Gasteiger partial charge in [-0.3, -0.25) is 0 Å². The zero-order chi connectivity index (χ0) is 15.6. The molecule has 0 saturated carbocycles. The van der Waals surface area contributed by atoms with Crippen LogP contribution in [0, 0.1) is 6.92 Å². The lowest BCUT2D eigenvalue weighted by atomic mass is 10.1. The first-order chi connectivity index (χ1) is 9.82. The summed E-state index contributed by atoms with van der Waals surface area (Å²) in [6, 6.07) is 4.16. The number of carboxylic acid groups (broad SMARTS) is 1. The summed E-state index contributed by atoms with van der Waals surface area (Å²) in [5, 5.41) is 9.03. The molecule has 1 atom stereocenters. The average Bonchev–Trinajstić information content (AvgIpc) is 2.64. The van der Waals surface area contributed by atoms with Gasteiger partial charge >= 0.3 is 5.97 Å². The Labute approximate surface area is 124 Å². The Morgan fingerprint density at radius 2 is 2.14 bits per heavy atom. The molecule has 116 valence electrons. The van der Waals surface area contributed by atoms with E-state index < -0.39 is 16.0 Å². The summed E-state index contributed by atoms with van der Waals surface area (Å²) in [4.78, 5) is 11.1. The van der Waals surface area contributed by atoms with Crippen LogP contribution >= 0.6 is 0 Å². The second-order valence-corrected chi connectivity index (χ2v) is 7.09. The number of aromatic carboxylic acids is 1. The van der Waals surface area contributed by atoms with Crippen LogP contribution in [-0.4, -0.2) is 49.6 Å². The molecule has 2 rings (SSSR count). The van der Waals surface area contributed by atoms with E-state index in [1.807, 2.05) is 6.92 Å². The first-order valence-electron chi connectivity index (χ1n) is 6.78. The monoisotopic (exact) mass is 313 g/mol. The number of aryl methyl sites for hydroxylation is 1. The number of nitrogens with zero attached hydrogens (tertiary/aromatic N) is 1. The number of carbonyl (C=O) groups is 1. The van der Waals surface area contributed by atoms with Crippen molar-refractivity contribution in [2.45, 2.75) is 31.3 Å². The standard InChI is InChI=1S/C14H19NO5S/c1-10-4-5-12(14(16)17)8-13(10)21(18,19)15-6-3-7-20-11(2)9-15/h4-5,8,11H,3,6-7,9H2,1-2H3,(H,16,17). The molecule has 1 fully saturated rings. The van der Waals surface area contributed by atoms with Gasteiger partial charge < -0.3 is 9.84 Å². The van der Waals surface area contributed by atoms with Crippen LogP contribution in [0.4, 0.5) is 0 Å². The molecule has 1 aromatic rings. The molecule has 0 amide bonds. The van der Waals surface area contributed by atoms with Crippen molar-refractivity contribution < 1.29 is 23.1 Å². The van der Waals surface area contributed by atoms with Crippen LogP contribution in [0.1, 0.15) is 29.3 Å². The zero-order valence-electron chi connectivity index (χ0n) is 12.1. The molecular weight excluding hydrogens is 294 g/mol. The highest BCUT2D eigenvalue weighted by Crippen LogP contribution is 2.23. The smallest absolute Gasteiger partial charge is 0.335 e. The van der Waals surface area contributed by atoms with Crippen molar-refractivity contribution in [2.24, 2.45) is 0 Å². The molecule has 1 aromatic carbocycles. The molecule has 0 spiro atoms. The fourth-order valence-corrected chi connectivity index (χ4v) is 4.13. The summed E-state index contributed by atoms with van der Waals surface area (Å²) in [6.07, 6.45) is 0.451. The van der Waals surface area contributed by atoms with Crippen molar-refractivity contribution >= 4 is 16.0 Å². The van der Waals surface area contributed by atoms with Crippen LogP contribution in [0.2, 0.25) is 0 Å². The Kier molecular flexibility index (Phi) is 4.65. The molecule has 1 aliphatic heterocycles. The van der Waals surface area contributed by atoms with E-state index in [2.05, 4.69) is 0 Å². The van der Waals surface area contributed by atoms with Crippen molar-refractivity contribution in [3.05, 3.63) is 29.3 Å². The van der Waals surface area contributed by atoms with Crippen molar-refractivity contribution in [1.82, 2.24) is 4.31 Å². The second kappa shape index (κ2) is 6.13. The number of benzene rings is 1. The Bertz CT molecular complexity index is 641. The quantitative estimate of drug-likeness (QED) is 0.914. The van der Waals surface area contributed by atoms with Gasteiger partial charge in [-0.2, -0.15) is 4.31 Å². The first kappa shape index (κ1) is 15.9. The third-order valence-electron chi connectivity index (χ3n) is 3.47. The Morgan fingerprint density at radius 1 is 1.43 bits per heavy atom. The Hall–Kier alpha value is -1.44. The number of ether oxygens (including phenoxy) is 1. The van der Waals surface area contributed by atoms with Crippen molar-refractivity contribution in [1.29, 1.82) is 0 Å². The maximum absolute atomic E-state index is 12.8. The van der Waals surface area contributed by atoms with Gasteiger partial charge in [0.15, 0.2) is 0 Å². The minimum Gasteiger partial charge on any atom is -0.478 e. The third-order valence-corrected chi connectivity index (χ3v) is 5.48. The lowest BCUT2D eigenvalue weighted by Gasteiger charge is -2.22. The first-order valence-corrected chi connectivity index (χ1v) is 8.22. The van der Waals surface area contributed by atoms with Crippen LogP contribution in [0.25, 0.3) is 0 Å². The van der Waals surface area contributed by atoms with Crippen LogP contribution in [0.5, 0.6) is 0 Å². The van der Waals surface area contributed by atoms with Crippen molar-refractivity contribution in [2.75, 3.05) is 19.7 Å². The van der Waals surface area contributed by atoms with E-state index in [4.69, 9.17) is 9.84 Å². The fraction of sp³-hybridized carbons (Fsp3) is 0.500. The molecule has 1 heterocycles. The molecule has 1 saturated heterocycles. The number of hydrogen-bond acceptors (Lipinski definition) is 4. The van der Waals surface area contributed by atoms with Crippen LogP contribution < -0.4 is 0 Å². The number of carboxylic acids is 1. The third kappa shape index (κ3) is 3.42. The van der Waals surface area contributed by atoms with E-state index in [9.17, 15) is 13.2 Å². The molecule has 1 unspecified atom stereocenters. The van der Waals surface area contributed by atoms with E-state index in [1.165, 1.54) is 22.5 Å². The van der Waals surface area contributed by atoms with Crippen LogP contribution in [0.15, 0.2) is 23.1 Å². The van der Waals surface area contributed by atoms with Gasteiger partial charge in [-0.1, -0.05) is 6.07 Å². The highest BCUT2D eigenvalue weighted by Gasteiger charge is 2.29. The lowest BCUT2D eigenvalue weighted by Crippen LogP contribution is -2.36. The molecule has 21 heavy (non-hydrogen) atoms. The molecule has 0 aromatic heterocycles. The van der Waals surface area contributed by atoms with E-state index in [1.54, 1.807) is 6.92 Å². The lowest BCUT2D eigenvalue weighted by molar-refractivity contribution is 0.0696. The summed E-state index contributed by atoms with van der Waals surface area (Å²) in [7, 11) is -3.71. The number of rotatable bonds is 3. The summed E-state index contributed by atoms with van der Waals surface area (Å²) < 4.78 is 32.3. The Balaban J connectivity index is 2.43. The molecule has 6 nitrogen and oxygen atoms in total. The summed E-state index contributed by atoms with van der Waals surface area (Å²) >= 11 is 0. The van der Waals surface area contributed by atoms with E-state index >= 15 is 0 Å². The van der Waals surface area contributed by atoms with Gasteiger partial charge in [0.2, 0.25) is 10.0 Å². The molecular formula is C14H19NO5S. The van der Waals surface area contributed by atoms with Crippen LogP contribution in [-0.2, 0) is 14.8 Å². The maximum atomic E-state index is 12.8. The van der Waals surface area contributed by atoms with Gasteiger partial charge in [0, 0.05) is 19.7 Å². The van der Waals surface area contributed by atoms with Gasteiger partial charge in [0.05, 0.1) is 16.6 Å². The number of hydrogen-bond donors (Lipinski definition) is 1. The molecule has 0 radical (unpaired) electrons. The highest BCUT2D eigenvalue weighted by atomic mass is 32.2. The average molecular weight is 313 g/mol. The predicted molar refractivity (Wildman–Crippen MR) is 76.9 cm³/mol. The largest absolute Gasteiger partial charge is 0.478 e. The summed E-state index contributed by atoms with van der Waals surface area (Å²) in [5.74, 6) is -1.14. The van der Waals surface area contributed by atoms with Gasteiger partial charge in [-0.05, 0) is 38.0 Å². The summed E-state index contributed by atoms with van der Waals surface area (Å²) in [5.41, 5.74) is 0.510. The molecule has 0 bridgehead atoms. The minimum atomic E-state index is -3.71. The normalized spacial score (nSPS) is 21.0. The maximum Gasteiger partial charge on any atom is 0.335 e. The van der Waals surface area contributed by atoms with Gasteiger partial charge in [0.1, 0.15) is 0 Å². The second-order valence-electron chi connectivity index (χ2n) is 5.18. The molecule has 7 heteroatoms. The van der Waals surface area contributed by atoms with E-state index in [0.717, 1.165) is 0 Å². The van der Waals surface area contributed by atoms with E-state index in [-0.39, 0.29) is 23.1 Å². The van der Waals surface area contributed by atoms with Gasteiger partial charge in [0.25, 0.3) is 0 Å². The fourth-order valence-electron chi connectivity index (χ4n) is 2.32. The predicted octanol–water partition coefficient (Wildman–Crippen LogP) is 1.49. The van der Waals surface area contributed by atoms with Gasteiger partial charge in [-0.25, -0.2) is 13.2 Å². The van der Waals surface area contributed by atoms with Crippen molar-refractivity contribution in [3.8, 4) is 0 Å². The SMILES string of the molecule is Cc1ccc(C(=O)O)cc1S(=O)(=O)N1CCCOC(C)C1. The number of sulfonamides is 1. The zero-order valence-corrected chi connectivity index (χ0v) is 12.9. The summed E-state index contributed by atoms with van der Waals surface area (Å²) in [6.45, 7) is 4.68. The Morgan fingerprint density at radius 3 is 2.81 bits per heavy atom. The van der Waals surface area contributed by atoms with Crippen LogP contribution in [0.3, 0.4) is 0 Å². The highest BCUT2D eigenvalue weighted by molar-refractivity contribution is 7.89. The molecule has 1 aliphatic rings. The van der Waals surface area contributed by atoms with E-state index in [0.29, 0.717) is 25.1 Å². The van der Waals surface area contributed by atoms with Gasteiger partial charge in [-0.15, -0.1) is 0 Å². The molecule has 1 N–H and O–H groups in total. The topological polar surface area (TPSA) is 83.9 Å². The minimum absolute atomic E-state index is 0.0294. The van der Waals surface area contributed by atoms with Crippen molar-refractivity contribution in [3.63, 3.8) is 0 Å². The molecule has 0 aliphatic carbocycles.